The molecule has 1 fully saturated rings. The number of thiazole rings is 1. The predicted octanol–water partition coefficient (Wildman–Crippen LogP) is 4.40. The van der Waals surface area contributed by atoms with Crippen LogP contribution in [-0.4, -0.2) is 41.7 Å². The van der Waals surface area contributed by atoms with Gasteiger partial charge in [-0.15, -0.1) is 0 Å². The van der Waals surface area contributed by atoms with Crippen LogP contribution in [0.25, 0.3) is 0 Å². The molecule has 9 nitrogen and oxygen atoms in total. The van der Waals surface area contributed by atoms with Crippen LogP contribution in [-0.2, 0) is 14.4 Å². The number of amides is 3. The van der Waals surface area contributed by atoms with E-state index in [9.17, 15) is 23.6 Å². The van der Waals surface area contributed by atoms with Gasteiger partial charge in [0.05, 0.1) is 23.7 Å². The van der Waals surface area contributed by atoms with Gasteiger partial charge < -0.3 is 19.8 Å². The van der Waals surface area contributed by atoms with Crippen molar-refractivity contribution in [2.75, 3.05) is 23.9 Å². The number of nitrogens with zero attached hydrogens (tertiary/aromatic N) is 1. The molecule has 3 atom stereocenters. The molecule has 1 aromatic heterocycles. The zero-order valence-electron chi connectivity index (χ0n) is 21.5. The smallest absolute Gasteiger partial charge is 0.305 e. The van der Waals surface area contributed by atoms with Gasteiger partial charge in [-0.1, -0.05) is 41.3 Å². The third-order valence-electron chi connectivity index (χ3n) is 6.90. The van der Waals surface area contributed by atoms with Gasteiger partial charge in [-0.3, -0.25) is 19.2 Å². The second kappa shape index (κ2) is 10.9. The molecule has 0 aliphatic carbocycles. The molecule has 2 N–H and O–H groups in total. The molecular weight excluding hydrogens is 569 g/mol. The number of fused-ring (bicyclic) bond motifs is 2. The Kier molecular flexibility index (Phi) is 7.10. The Hall–Kier alpha value is -4.42. The molecule has 0 spiro atoms. The summed E-state index contributed by atoms with van der Waals surface area (Å²) in [6.07, 6.45) is 0. The molecule has 12 heteroatoms. The van der Waals surface area contributed by atoms with Gasteiger partial charge in [0.25, 0.3) is 5.91 Å². The van der Waals surface area contributed by atoms with Crippen LogP contribution >= 0.6 is 23.1 Å². The van der Waals surface area contributed by atoms with E-state index in [1.54, 1.807) is 48.5 Å². The molecule has 0 radical (unpaired) electrons. The highest BCUT2D eigenvalue weighted by molar-refractivity contribution is 8.00. The van der Waals surface area contributed by atoms with E-state index in [0.29, 0.717) is 38.3 Å². The van der Waals surface area contributed by atoms with Gasteiger partial charge in [0.2, 0.25) is 11.8 Å². The van der Waals surface area contributed by atoms with Crippen LogP contribution in [0.5, 0.6) is 11.5 Å². The molecule has 2 aliphatic rings. The van der Waals surface area contributed by atoms with Crippen molar-refractivity contribution in [2.45, 2.75) is 16.2 Å². The van der Waals surface area contributed by atoms with Crippen LogP contribution < -0.4 is 24.6 Å². The largest absolute Gasteiger partial charge is 0.497 e. The third-order valence-corrected chi connectivity index (χ3v) is 9.30. The summed E-state index contributed by atoms with van der Waals surface area (Å²) in [5.41, 5.74) is 1.41. The number of rotatable bonds is 7. The summed E-state index contributed by atoms with van der Waals surface area (Å²) < 4.78 is 24.3. The number of nitrogens with one attached hydrogen (secondary N) is 2. The Balaban J connectivity index is 1.33. The highest BCUT2D eigenvalue weighted by atomic mass is 32.2. The van der Waals surface area contributed by atoms with Gasteiger partial charge in [-0.2, -0.15) is 0 Å². The standard InChI is InChI=1S/C29H22FN3O6S2/c1-38-18-12-10-17(11-13-18)33-27(35)23-22(24-26(32-29(37)41-24)40-25(23)28(33)36)19-4-2-3-5-20(19)39-14-21(34)31-16-8-6-15(30)7-9-16/h2-13,22-23,25H,14H2,1H3,(H,31,34)(H,32,37)/t22-,23-,25+/m0/s1. The lowest BCUT2D eigenvalue weighted by Gasteiger charge is -2.30. The molecule has 3 aromatic carbocycles. The molecule has 6 rings (SSSR count). The van der Waals surface area contributed by atoms with E-state index < -0.39 is 34.7 Å². The zero-order chi connectivity index (χ0) is 28.7. The van der Waals surface area contributed by atoms with Crippen LogP contribution in [0.4, 0.5) is 15.8 Å². The van der Waals surface area contributed by atoms with Crippen LogP contribution in [0, 0.1) is 11.7 Å². The van der Waals surface area contributed by atoms with E-state index in [-0.39, 0.29) is 17.4 Å². The normalized spacial score (nSPS) is 19.5. The Labute approximate surface area is 241 Å². The number of hydrogen-bond donors (Lipinski definition) is 2. The summed E-state index contributed by atoms with van der Waals surface area (Å²) >= 11 is 2.16. The van der Waals surface area contributed by atoms with E-state index in [1.807, 2.05) is 0 Å². The monoisotopic (exact) mass is 591 g/mol. The molecule has 41 heavy (non-hydrogen) atoms. The Morgan fingerprint density at radius 3 is 2.46 bits per heavy atom. The van der Waals surface area contributed by atoms with Gasteiger partial charge in [0.15, 0.2) is 6.61 Å². The topological polar surface area (TPSA) is 118 Å². The molecule has 4 aromatic rings. The maximum atomic E-state index is 14.0. The van der Waals surface area contributed by atoms with Crippen molar-refractivity contribution in [3.8, 4) is 11.5 Å². The van der Waals surface area contributed by atoms with Crippen molar-refractivity contribution in [1.29, 1.82) is 0 Å². The van der Waals surface area contributed by atoms with E-state index in [0.717, 1.165) is 11.3 Å². The minimum atomic E-state index is -0.814. The first-order valence-electron chi connectivity index (χ1n) is 12.5. The van der Waals surface area contributed by atoms with Crippen molar-refractivity contribution in [1.82, 2.24) is 4.98 Å². The van der Waals surface area contributed by atoms with Gasteiger partial charge in [-0.05, 0) is 54.6 Å². The fourth-order valence-electron chi connectivity index (χ4n) is 5.08. The number of hydrogen-bond acceptors (Lipinski definition) is 8. The molecular formula is C29H22FN3O6S2. The number of aromatic amines is 1. The summed E-state index contributed by atoms with van der Waals surface area (Å²) in [6.45, 7) is -0.356. The number of anilines is 2. The maximum absolute atomic E-state index is 14.0. The number of thioether (sulfide) groups is 1. The Bertz CT molecular complexity index is 1700. The number of para-hydroxylation sites is 1. The SMILES string of the molecule is COc1ccc(N2C(=O)[C@H]3[C@H](c4ccccc4OCC(=O)Nc4ccc(F)cc4)c4sc(=O)[nH]c4S[C@H]3C2=O)cc1. The highest BCUT2D eigenvalue weighted by Gasteiger charge is 2.56. The third kappa shape index (κ3) is 5.00. The van der Waals surface area contributed by atoms with Crippen LogP contribution in [0.3, 0.4) is 0 Å². The number of ether oxygens (including phenoxy) is 2. The van der Waals surface area contributed by atoms with Crippen molar-refractivity contribution >= 4 is 52.2 Å². The van der Waals surface area contributed by atoms with Crippen molar-refractivity contribution in [3.63, 3.8) is 0 Å². The number of imide groups is 1. The average Bonchev–Trinajstić information content (AvgIpc) is 3.47. The summed E-state index contributed by atoms with van der Waals surface area (Å²) in [6, 6.07) is 19.0. The Morgan fingerprint density at radius 2 is 1.73 bits per heavy atom. The summed E-state index contributed by atoms with van der Waals surface area (Å²) in [4.78, 5) is 56.9. The minimum Gasteiger partial charge on any atom is -0.497 e. The number of benzene rings is 3. The fraction of sp³-hybridized carbons (Fsp3) is 0.172. The number of carbonyl (C=O) groups excluding carboxylic acids is 3. The van der Waals surface area contributed by atoms with Crippen molar-refractivity contribution in [2.24, 2.45) is 5.92 Å². The van der Waals surface area contributed by atoms with E-state index in [1.165, 1.54) is 48.0 Å². The molecule has 0 unspecified atom stereocenters. The highest BCUT2D eigenvalue weighted by Crippen LogP contribution is 2.54. The van der Waals surface area contributed by atoms with Gasteiger partial charge >= 0.3 is 4.87 Å². The lowest BCUT2D eigenvalue weighted by Crippen LogP contribution is -2.32. The summed E-state index contributed by atoms with van der Waals surface area (Å²) in [7, 11) is 1.53. The minimum absolute atomic E-state index is 0.295. The van der Waals surface area contributed by atoms with Gasteiger partial charge in [0.1, 0.15) is 22.6 Å². The second-order valence-electron chi connectivity index (χ2n) is 9.34. The zero-order valence-corrected chi connectivity index (χ0v) is 23.1. The predicted molar refractivity (Wildman–Crippen MR) is 152 cm³/mol. The molecule has 1 saturated heterocycles. The van der Waals surface area contributed by atoms with E-state index in [4.69, 9.17) is 9.47 Å². The molecule has 0 bridgehead atoms. The quantitative estimate of drug-likeness (QED) is 0.306. The lowest BCUT2D eigenvalue weighted by molar-refractivity contribution is -0.122. The van der Waals surface area contributed by atoms with Crippen molar-refractivity contribution in [3.05, 3.63) is 98.7 Å². The van der Waals surface area contributed by atoms with Crippen LogP contribution in [0.15, 0.2) is 82.6 Å². The summed E-state index contributed by atoms with van der Waals surface area (Å²) in [5.74, 6) is -2.21. The number of halogens is 1. The Morgan fingerprint density at radius 1 is 1.00 bits per heavy atom. The molecule has 3 heterocycles. The second-order valence-corrected chi connectivity index (χ2v) is 11.5. The van der Waals surface area contributed by atoms with Crippen LogP contribution in [0.2, 0.25) is 0 Å². The first-order valence-corrected chi connectivity index (χ1v) is 14.2. The summed E-state index contributed by atoms with van der Waals surface area (Å²) in [5, 5.41) is 2.41. The molecule has 0 saturated carbocycles. The average molecular weight is 592 g/mol. The first-order chi connectivity index (χ1) is 19.8. The molecule has 208 valence electrons. The van der Waals surface area contributed by atoms with E-state index in [2.05, 4.69) is 10.3 Å². The number of methoxy groups -OCH3 is 1. The van der Waals surface area contributed by atoms with Gasteiger partial charge in [0, 0.05) is 22.0 Å². The number of H-pyrrole nitrogens is 1. The maximum Gasteiger partial charge on any atom is 0.305 e. The molecule has 2 aliphatic heterocycles. The van der Waals surface area contributed by atoms with Gasteiger partial charge in [-0.25, -0.2) is 9.29 Å². The van der Waals surface area contributed by atoms with Crippen LogP contribution in [0.1, 0.15) is 16.4 Å². The van der Waals surface area contributed by atoms with Crippen molar-refractivity contribution < 1.29 is 28.2 Å². The van der Waals surface area contributed by atoms with E-state index >= 15 is 0 Å². The first kappa shape index (κ1) is 26.8. The number of aromatic nitrogens is 1. The lowest BCUT2D eigenvalue weighted by atomic mass is 9.82. The fourth-order valence-corrected chi connectivity index (χ4v) is 7.59. The molecule has 3 amide bonds. The number of carbonyl (C=O) groups is 3.